The first-order valence-corrected chi connectivity index (χ1v) is 8.11. The van der Waals surface area contributed by atoms with Crippen LogP contribution >= 0.6 is 22.9 Å². The molecule has 102 valence electrons. The SMILES string of the molecule is Nc1cccnc1S(=O)(=O)NCCc1ccc(Cl)s1. The highest BCUT2D eigenvalue weighted by Gasteiger charge is 2.18. The van der Waals surface area contributed by atoms with Gasteiger partial charge < -0.3 is 5.73 Å². The van der Waals surface area contributed by atoms with Gasteiger partial charge in [-0.05, 0) is 30.7 Å². The molecule has 0 aromatic carbocycles. The molecule has 0 saturated carbocycles. The smallest absolute Gasteiger partial charge is 0.260 e. The fourth-order valence-electron chi connectivity index (χ4n) is 1.49. The Morgan fingerprint density at radius 2 is 2.16 bits per heavy atom. The average molecular weight is 318 g/mol. The summed E-state index contributed by atoms with van der Waals surface area (Å²) in [5.41, 5.74) is 5.73. The Balaban J connectivity index is 2.01. The molecule has 0 bridgehead atoms. The third-order valence-electron chi connectivity index (χ3n) is 2.35. The molecule has 8 heteroatoms. The molecule has 2 rings (SSSR count). The van der Waals surface area contributed by atoms with Crippen molar-refractivity contribution in [3.8, 4) is 0 Å². The Labute approximate surface area is 120 Å². The predicted molar refractivity (Wildman–Crippen MR) is 76.9 cm³/mol. The molecule has 3 N–H and O–H groups in total. The Morgan fingerprint density at radius 3 is 2.79 bits per heavy atom. The van der Waals surface area contributed by atoms with Gasteiger partial charge in [0.05, 0.1) is 10.0 Å². The summed E-state index contributed by atoms with van der Waals surface area (Å²) in [4.78, 5) is 4.80. The summed E-state index contributed by atoms with van der Waals surface area (Å²) >= 11 is 7.23. The number of nitrogens with two attached hydrogens (primary N) is 1. The minimum absolute atomic E-state index is 0.133. The summed E-state index contributed by atoms with van der Waals surface area (Å²) in [6.45, 7) is 0.273. The normalized spacial score (nSPS) is 11.6. The van der Waals surface area contributed by atoms with Crippen molar-refractivity contribution in [2.24, 2.45) is 0 Å². The van der Waals surface area contributed by atoms with E-state index in [1.165, 1.54) is 23.6 Å². The van der Waals surface area contributed by atoms with Gasteiger partial charge in [-0.2, -0.15) is 0 Å². The van der Waals surface area contributed by atoms with Crippen molar-refractivity contribution in [1.29, 1.82) is 0 Å². The zero-order valence-electron chi connectivity index (χ0n) is 9.84. The van der Waals surface area contributed by atoms with Gasteiger partial charge in [-0.3, -0.25) is 0 Å². The van der Waals surface area contributed by atoms with Crippen molar-refractivity contribution >= 4 is 38.6 Å². The highest BCUT2D eigenvalue weighted by Crippen LogP contribution is 2.21. The van der Waals surface area contributed by atoms with Gasteiger partial charge in [0.15, 0.2) is 5.03 Å². The lowest BCUT2D eigenvalue weighted by Crippen LogP contribution is -2.27. The predicted octanol–water partition coefficient (Wildman–Crippen LogP) is 1.90. The van der Waals surface area contributed by atoms with E-state index in [0.29, 0.717) is 10.8 Å². The second-order valence-corrected chi connectivity index (χ2v) is 7.23. The summed E-state index contributed by atoms with van der Waals surface area (Å²) in [7, 11) is -3.67. The van der Waals surface area contributed by atoms with E-state index in [1.807, 2.05) is 6.07 Å². The number of hydrogen-bond acceptors (Lipinski definition) is 5. The summed E-state index contributed by atoms with van der Waals surface area (Å²) in [5, 5.41) is -0.140. The lowest BCUT2D eigenvalue weighted by Gasteiger charge is -2.07. The Kier molecular flexibility index (Phi) is 4.41. The molecule has 0 saturated heterocycles. The third-order valence-corrected chi connectivity index (χ3v) is 5.07. The van der Waals surface area contributed by atoms with E-state index >= 15 is 0 Å². The second-order valence-electron chi connectivity index (χ2n) is 3.75. The molecular formula is C11H12ClN3O2S2. The fourth-order valence-corrected chi connectivity index (χ4v) is 3.66. The summed E-state index contributed by atoms with van der Waals surface area (Å²) in [6.07, 6.45) is 1.97. The molecule has 0 aliphatic carbocycles. The van der Waals surface area contributed by atoms with E-state index in [9.17, 15) is 8.42 Å². The Hall–Kier alpha value is -1.15. The Morgan fingerprint density at radius 1 is 1.37 bits per heavy atom. The minimum atomic E-state index is -3.67. The van der Waals surface area contributed by atoms with Crippen molar-refractivity contribution in [3.63, 3.8) is 0 Å². The number of anilines is 1. The first-order valence-electron chi connectivity index (χ1n) is 5.43. The van der Waals surface area contributed by atoms with Gasteiger partial charge in [-0.25, -0.2) is 18.1 Å². The number of pyridine rings is 1. The maximum Gasteiger partial charge on any atom is 0.260 e. The largest absolute Gasteiger partial charge is 0.396 e. The van der Waals surface area contributed by atoms with Gasteiger partial charge in [0.2, 0.25) is 0 Å². The van der Waals surface area contributed by atoms with Gasteiger partial charge in [0.25, 0.3) is 10.0 Å². The molecular weight excluding hydrogens is 306 g/mol. The van der Waals surface area contributed by atoms with Gasteiger partial charge in [-0.1, -0.05) is 11.6 Å². The van der Waals surface area contributed by atoms with Crippen LogP contribution in [0.5, 0.6) is 0 Å². The third kappa shape index (κ3) is 3.66. The molecule has 2 aromatic heterocycles. The van der Waals surface area contributed by atoms with E-state index in [4.69, 9.17) is 17.3 Å². The van der Waals surface area contributed by atoms with Gasteiger partial charge >= 0.3 is 0 Å². The molecule has 2 heterocycles. The van der Waals surface area contributed by atoms with E-state index in [1.54, 1.807) is 12.1 Å². The molecule has 0 fully saturated rings. The number of aromatic nitrogens is 1. The van der Waals surface area contributed by atoms with Crippen LogP contribution in [0.1, 0.15) is 4.88 Å². The Bertz CT molecular complexity index is 670. The van der Waals surface area contributed by atoms with E-state index in [-0.39, 0.29) is 17.3 Å². The van der Waals surface area contributed by atoms with Crippen LogP contribution in [-0.4, -0.2) is 19.9 Å². The molecule has 0 aliphatic heterocycles. The van der Waals surface area contributed by atoms with Crippen molar-refractivity contribution in [2.75, 3.05) is 12.3 Å². The van der Waals surface area contributed by atoms with E-state index in [2.05, 4.69) is 9.71 Å². The standard InChI is InChI=1S/C11H12ClN3O2S2/c12-10-4-3-8(18-10)5-7-15-19(16,17)11-9(13)2-1-6-14-11/h1-4,6,15H,5,7,13H2. The number of rotatable bonds is 5. The van der Waals surface area contributed by atoms with Crippen LogP contribution in [0.2, 0.25) is 4.34 Å². The monoisotopic (exact) mass is 317 g/mol. The number of nitrogen functional groups attached to an aromatic ring is 1. The lowest BCUT2D eigenvalue weighted by atomic mass is 10.3. The van der Waals surface area contributed by atoms with Crippen LogP contribution in [0.3, 0.4) is 0 Å². The summed E-state index contributed by atoms with van der Waals surface area (Å²) in [5.74, 6) is 0. The van der Waals surface area contributed by atoms with E-state index < -0.39 is 10.0 Å². The molecule has 0 unspecified atom stereocenters. The first kappa shape index (κ1) is 14.3. The van der Waals surface area contributed by atoms with Crippen LogP contribution in [-0.2, 0) is 16.4 Å². The number of sulfonamides is 1. The maximum atomic E-state index is 12.0. The summed E-state index contributed by atoms with van der Waals surface area (Å²) in [6, 6.07) is 6.74. The van der Waals surface area contributed by atoms with Crippen LogP contribution in [0.4, 0.5) is 5.69 Å². The van der Waals surface area contributed by atoms with Crippen LogP contribution in [0, 0.1) is 0 Å². The van der Waals surface area contributed by atoms with E-state index in [0.717, 1.165) is 4.88 Å². The van der Waals surface area contributed by atoms with Crippen molar-refractivity contribution in [2.45, 2.75) is 11.4 Å². The number of hydrogen-bond donors (Lipinski definition) is 2. The van der Waals surface area contributed by atoms with Crippen molar-refractivity contribution in [1.82, 2.24) is 9.71 Å². The topological polar surface area (TPSA) is 85.1 Å². The number of nitrogens with one attached hydrogen (secondary N) is 1. The number of thiophene rings is 1. The molecule has 19 heavy (non-hydrogen) atoms. The highest BCUT2D eigenvalue weighted by atomic mass is 35.5. The summed E-state index contributed by atoms with van der Waals surface area (Å²) < 4.78 is 27.1. The van der Waals surface area contributed by atoms with Crippen LogP contribution in [0.25, 0.3) is 0 Å². The quantitative estimate of drug-likeness (QED) is 0.882. The fraction of sp³-hybridized carbons (Fsp3) is 0.182. The second kappa shape index (κ2) is 5.87. The first-order chi connectivity index (χ1) is 8.99. The number of nitrogens with zero attached hydrogens (tertiary/aromatic N) is 1. The zero-order valence-corrected chi connectivity index (χ0v) is 12.2. The van der Waals surface area contributed by atoms with Crippen LogP contribution < -0.4 is 10.5 Å². The minimum Gasteiger partial charge on any atom is -0.396 e. The molecule has 0 radical (unpaired) electrons. The highest BCUT2D eigenvalue weighted by molar-refractivity contribution is 7.89. The van der Waals surface area contributed by atoms with Gasteiger partial charge in [-0.15, -0.1) is 11.3 Å². The lowest BCUT2D eigenvalue weighted by molar-refractivity contribution is 0.578. The van der Waals surface area contributed by atoms with Gasteiger partial charge in [0.1, 0.15) is 0 Å². The van der Waals surface area contributed by atoms with Crippen molar-refractivity contribution in [3.05, 3.63) is 39.7 Å². The molecule has 2 aromatic rings. The average Bonchev–Trinajstić information content (AvgIpc) is 2.75. The molecule has 0 aliphatic rings. The number of halogens is 1. The molecule has 0 atom stereocenters. The van der Waals surface area contributed by atoms with Crippen molar-refractivity contribution < 1.29 is 8.42 Å². The zero-order chi connectivity index (χ0) is 13.9. The molecule has 0 amide bonds. The molecule has 0 spiro atoms. The maximum absolute atomic E-state index is 12.0. The van der Waals surface area contributed by atoms with Crippen LogP contribution in [0.15, 0.2) is 35.5 Å². The molecule has 5 nitrogen and oxygen atoms in total. The van der Waals surface area contributed by atoms with Gasteiger partial charge in [0, 0.05) is 17.6 Å².